The molecule has 1 amide bonds. The van der Waals surface area contributed by atoms with Gasteiger partial charge >= 0.3 is 0 Å². The van der Waals surface area contributed by atoms with Gasteiger partial charge in [-0.15, -0.1) is 0 Å². The lowest BCUT2D eigenvalue weighted by Gasteiger charge is -2.32. The third-order valence-corrected chi connectivity index (χ3v) is 4.62. The van der Waals surface area contributed by atoms with Gasteiger partial charge in [-0.3, -0.25) is 10.1 Å². The molecule has 0 aromatic carbocycles. The Bertz CT molecular complexity index is 345. The van der Waals surface area contributed by atoms with E-state index in [4.69, 9.17) is 4.74 Å². The maximum Gasteiger partial charge on any atom is 0.244 e. The molecule has 2 rings (SSSR count). The van der Waals surface area contributed by atoms with Gasteiger partial charge in [-0.25, -0.2) is 0 Å². The predicted octanol–water partition coefficient (Wildman–Crippen LogP) is 2.14. The van der Waals surface area contributed by atoms with Crippen LogP contribution in [-0.4, -0.2) is 41.3 Å². The molecule has 0 radical (unpaired) electrons. The van der Waals surface area contributed by atoms with Crippen LogP contribution >= 0.6 is 0 Å². The first-order valence-corrected chi connectivity index (χ1v) is 7.61. The van der Waals surface area contributed by atoms with Crippen molar-refractivity contribution in [2.24, 2.45) is 5.92 Å². The van der Waals surface area contributed by atoms with E-state index < -0.39 is 5.54 Å². The number of nitrogens with one attached hydrogen (secondary N) is 1. The van der Waals surface area contributed by atoms with Gasteiger partial charge in [-0.1, -0.05) is 20.8 Å². The van der Waals surface area contributed by atoms with Crippen LogP contribution < -0.4 is 5.32 Å². The van der Waals surface area contributed by atoms with Crippen LogP contribution in [0.4, 0.5) is 0 Å². The number of carbonyl (C=O) groups excluding carboxylic acids is 1. The van der Waals surface area contributed by atoms with Crippen molar-refractivity contribution in [2.75, 3.05) is 6.61 Å². The molecule has 2 aliphatic heterocycles. The molecular formula is C15H28N2O2. The SMILES string of the molecule is CCC1(C)NC(CC(C)C)N(C2CCOC2C)C1=O. The number of rotatable bonds is 4. The summed E-state index contributed by atoms with van der Waals surface area (Å²) in [6, 6.07) is 0.233. The first kappa shape index (κ1) is 14.8. The fourth-order valence-corrected chi connectivity index (χ4v) is 3.27. The van der Waals surface area contributed by atoms with Crippen LogP contribution in [-0.2, 0) is 9.53 Å². The first-order valence-electron chi connectivity index (χ1n) is 7.61. The fraction of sp³-hybridized carbons (Fsp3) is 0.933. The normalized spacial score (nSPS) is 39.6. The molecule has 4 heteroatoms. The van der Waals surface area contributed by atoms with E-state index in [1.807, 2.05) is 6.92 Å². The van der Waals surface area contributed by atoms with E-state index >= 15 is 0 Å². The molecule has 4 nitrogen and oxygen atoms in total. The van der Waals surface area contributed by atoms with E-state index in [2.05, 4.69) is 37.9 Å². The summed E-state index contributed by atoms with van der Waals surface area (Å²) in [7, 11) is 0. The smallest absolute Gasteiger partial charge is 0.244 e. The number of carbonyl (C=O) groups is 1. The van der Waals surface area contributed by atoms with Crippen LogP contribution in [0.1, 0.15) is 53.9 Å². The molecule has 19 heavy (non-hydrogen) atoms. The first-order chi connectivity index (χ1) is 8.89. The molecule has 2 aliphatic rings. The molecule has 0 bridgehead atoms. The molecule has 110 valence electrons. The molecule has 4 unspecified atom stereocenters. The third kappa shape index (κ3) is 2.65. The van der Waals surface area contributed by atoms with Gasteiger partial charge in [-0.2, -0.15) is 0 Å². The Hall–Kier alpha value is -0.610. The average Bonchev–Trinajstić information content (AvgIpc) is 2.83. The quantitative estimate of drug-likeness (QED) is 0.849. The van der Waals surface area contributed by atoms with Gasteiger partial charge in [0.1, 0.15) is 0 Å². The Morgan fingerprint density at radius 1 is 1.53 bits per heavy atom. The lowest BCUT2D eigenvalue weighted by molar-refractivity contribution is -0.136. The zero-order chi connectivity index (χ0) is 14.2. The van der Waals surface area contributed by atoms with Crippen LogP contribution in [0.25, 0.3) is 0 Å². The van der Waals surface area contributed by atoms with Crippen molar-refractivity contribution < 1.29 is 9.53 Å². The highest BCUT2D eigenvalue weighted by molar-refractivity contribution is 5.88. The minimum absolute atomic E-state index is 0.152. The van der Waals surface area contributed by atoms with Crippen molar-refractivity contribution in [3.05, 3.63) is 0 Å². The van der Waals surface area contributed by atoms with Crippen LogP contribution in [0.2, 0.25) is 0 Å². The van der Waals surface area contributed by atoms with E-state index in [0.717, 1.165) is 25.9 Å². The molecule has 1 N–H and O–H groups in total. The average molecular weight is 268 g/mol. The highest BCUT2D eigenvalue weighted by Gasteiger charge is 2.50. The summed E-state index contributed by atoms with van der Waals surface area (Å²) < 4.78 is 5.66. The Morgan fingerprint density at radius 3 is 2.68 bits per heavy atom. The Morgan fingerprint density at radius 2 is 2.21 bits per heavy atom. The van der Waals surface area contributed by atoms with Gasteiger partial charge in [0.15, 0.2) is 0 Å². The van der Waals surface area contributed by atoms with Gasteiger partial charge in [0.2, 0.25) is 5.91 Å². The third-order valence-electron chi connectivity index (χ3n) is 4.62. The minimum Gasteiger partial charge on any atom is -0.376 e. The largest absolute Gasteiger partial charge is 0.376 e. The molecule has 4 atom stereocenters. The monoisotopic (exact) mass is 268 g/mol. The fourth-order valence-electron chi connectivity index (χ4n) is 3.27. The van der Waals surface area contributed by atoms with Gasteiger partial charge in [0.05, 0.1) is 23.9 Å². The standard InChI is InChI=1S/C15H28N2O2/c1-6-15(5)14(18)17(12-7-8-19-11(12)4)13(16-15)9-10(2)3/h10-13,16H,6-9H2,1-5H3. The van der Waals surface area contributed by atoms with Gasteiger partial charge in [0, 0.05) is 6.61 Å². The van der Waals surface area contributed by atoms with Crippen molar-refractivity contribution in [3.63, 3.8) is 0 Å². The molecule has 2 fully saturated rings. The molecule has 0 spiro atoms. The predicted molar refractivity (Wildman–Crippen MR) is 75.7 cm³/mol. The summed E-state index contributed by atoms with van der Waals surface area (Å²) in [5, 5.41) is 3.57. The Kier molecular flexibility index (Phi) is 4.21. The van der Waals surface area contributed by atoms with E-state index in [0.29, 0.717) is 5.92 Å². The molecule has 0 aromatic heterocycles. The Balaban J connectivity index is 2.22. The van der Waals surface area contributed by atoms with Crippen molar-refractivity contribution in [1.29, 1.82) is 0 Å². The maximum atomic E-state index is 12.8. The highest BCUT2D eigenvalue weighted by atomic mass is 16.5. The van der Waals surface area contributed by atoms with Crippen molar-refractivity contribution in [1.82, 2.24) is 10.2 Å². The Labute approximate surface area is 116 Å². The van der Waals surface area contributed by atoms with E-state index in [1.54, 1.807) is 0 Å². The number of nitrogens with zero attached hydrogens (tertiary/aromatic N) is 1. The second kappa shape index (κ2) is 5.41. The molecule has 0 saturated carbocycles. The zero-order valence-electron chi connectivity index (χ0n) is 12.9. The number of hydrogen-bond acceptors (Lipinski definition) is 3. The summed E-state index contributed by atoms with van der Waals surface area (Å²) >= 11 is 0. The van der Waals surface area contributed by atoms with Gasteiger partial charge in [-0.05, 0) is 39.0 Å². The van der Waals surface area contributed by atoms with E-state index in [1.165, 1.54) is 0 Å². The lowest BCUT2D eigenvalue weighted by atomic mass is 9.98. The summed E-state index contributed by atoms with van der Waals surface area (Å²) in [6.07, 6.45) is 3.11. The summed E-state index contributed by atoms with van der Waals surface area (Å²) in [5.74, 6) is 0.827. The van der Waals surface area contributed by atoms with Crippen LogP contribution in [0, 0.1) is 5.92 Å². The summed E-state index contributed by atoms with van der Waals surface area (Å²) in [6.45, 7) is 11.4. The maximum absolute atomic E-state index is 12.8. The van der Waals surface area contributed by atoms with Crippen LogP contribution in [0.5, 0.6) is 0 Å². The van der Waals surface area contributed by atoms with Gasteiger partial charge in [0.25, 0.3) is 0 Å². The zero-order valence-corrected chi connectivity index (χ0v) is 12.9. The number of amides is 1. The van der Waals surface area contributed by atoms with Crippen LogP contribution in [0.3, 0.4) is 0 Å². The van der Waals surface area contributed by atoms with Crippen LogP contribution in [0.15, 0.2) is 0 Å². The molecule has 0 aliphatic carbocycles. The second-order valence-electron chi connectivity index (χ2n) is 6.62. The van der Waals surface area contributed by atoms with Crippen molar-refractivity contribution in [3.8, 4) is 0 Å². The molecular weight excluding hydrogens is 240 g/mol. The second-order valence-corrected chi connectivity index (χ2v) is 6.62. The van der Waals surface area contributed by atoms with E-state index in [9.17, 15) is 4.79 Å². The summed E-state index contributed by atoms with van der Waals surface area (Å²) in [4.78, 5) is 14.9. The lowest BCUT2D eigenvalue weighted by Crippen LogP contribution is -2.48. The van der Waals surface area contributed by atoms with Gasteiger partial charge < -0.3 is 9.64 Å². The van der Waals surface area contributed by atoms with E-state index in [-0.39, 0.29) is 24.2 Å². The minimum atomic E-state index is -0.401. The van der Waals surface area contributed by atoms with Crippen molar-refractivity contribution >= 4 is 5.91 Å². The molecule has 2 saturated heterocycles. The van der Waals surface area contributed by atoms with Crippen molar-refractivity contribution in [2.45, 2.75) is 77.7 Å². The highest BCUT2D eigenvalue weighted by Crippen LogP contribution is 2.32. The topological polar surface area (TPSA) is 41.6 Å². The number of hydrogen-bond donors (Lipinski definition) is 1. The molecule has 0 aromatic rings. The number of ether oxygens (including phenoxy) is 1. The molecule has 2 heterocycles. The summed E-state index contributed by atoms with van der Waals surface area (Å²) in [5.41, 5.74) is -0.401.